The van der Waals surface area contributed by atoms with Crippen molar-refractivity contribution in [3.05, 3.63) is 18.2 Å². The van der Waals surface area contributed by atoms with Crippen molar-refractivity contribution in [2.75, 3.05) is 26.1 Å². The number of rotatable bonds is 7. The first-order chi connectivity index (χ1) is 10.7. The fraction of sp³-hybridized carbons (Fsp3) is 0.588. The number of hydrogen-bond donors (Lipinski definition) is 2. The zero-order valence-electron chi connectivity index (χ0n) is 14.4. The molecule has 1 fully saturated rings. The van der Waals surface area contributed by atoms with E-state index >= 15 is 0 Å². The maximum atomic E-state index is 5.53. The van der Waals surface area contributed by atoms with E-state index in [0.717, 1.165) is 29.1 Å². The van der Waals surface area contributed by atoms with Gasteiger partial charge in [-0.05, 0) is 37.8 Å². The molecule has 2 N–H and O–H groups in total. The topological polar surface area (TPSA) is 54.9 Å². The largest absolute Gasteiger partial charge is 0.493 e. The number of nitrogens with zero attached hydrogens (tertiary/aromatic N) is 1. The molecule has 2 atom stereocenters. The number of nitrogens with one attached hydrogen (secondary N) is 2. The Morgan fingerprint density at radius 2 is 2.09 bits per heavy atom. The van der Waals surface area contributed by atoms with Crippen LogP contribution in [-0.2, 0) is 0 Å². The Morgan fingerprint density at radius 3 is 2.70 bits per heavy atom. The predicted octanol–water partition coefficient (Wildman–Crippen LogP) is 3.89. The molecule has 0 heterocycles. The van der Waals surface area contributed by atoms with Gasteiger partial charge in [-0.1, -0.05) is 13.3 Å². The van der Waals surface area contributed by atoms with Gasteiger partial charge in [0.1, 0.15) is 0 Å². The molecule has 130 valence electrons. The van der Waals surface area contributed by atoms with E-state index in [1.54, 1.807) is 14.2 Å². The molecule has 1 aromatic rings. The Balaban J connectivity index is 0.00000264. The SMILES string of the molecule is CCCC1CC1NC(=NC)Nc1ccc(OCC)c(OC)c1.I. The number of benzene rings is 1. The van der Waals surface area contributed by atoms with Crippen molar-refractivity contribution in [1.29, 1.82) is 0 Å². The van der Waals surface area contributed by atoms with Crippen LogP contribution >= 0.6 is 24.0 Å². The summed E-state index contributed by atoms with van der Waals surface area (Å²) < 4.78 is 10.9. The van der Waals surface area contributed by atoms with E-state index in [-0.39, 0.29) is 24.0 Å². The second kappa shape index (κ2) is 9.85. The van der Waals surface area contributed by atoms with Gasteiger partial charge in [-0.15, -0.1) is 24.0 Å². The highest BCUT2D eigenvalue weighted by molar-refractivity contribution is 14.0. The highest BCUT2D eigenvalue weighted by Gasteiger charge is 2.36. The molecule has 0 bridgehead atoms. The molecule has 2 unspecified atom stereocenters. The highest BCUT2D eigenvalue weighted by atomic mass is 127. The van der Waals surface area contributed by atoms with Crippen molar-refractivity contribution < 1.29 is 9.47 Å². The van der Waals surface area contributed by atoms with Crippen molar-refractivity contribution in [2.24, 2.45) is 10.9 Å². The first-order valence-electron chi connectivity index (χ1n) is 8.02. The van der Waals surface area contributed by atoms with E-state index in [1.807, 2.05) is 25.1 Å². The first kappa shape index (κ1) is 19.9. The number of halogens is 1. The number of aliphatic imine (C=N–C) groups is 1. The molecule has 1 aliphatic rings. The van der Waals surface area contributed by atoms with E-state index in [2.05, 4.69) is 22.5 Å². The molecule has 0 saturated heterocycles. The third kappa shape index (κ3) is 5.75. The molecule has 6 heteroatoms. The van der Waals surface area contributed by atoms with Crippen LogP contribution in [0.4, 0.5) is 5.69 Å². The Labute approximate surface area is 156 Å². The summed E-state index contributed by atoms with van der Waals surface area (Å²) >= 11 is 0. The monoisotopic (exact) mass is 433 g/mol. The van der Waals surface area contributed by atoms with Gasteiger partial charge in [0.2, 0.25) is 0 Å². The Morgan fingerprint density at radius 1 is 1.30 bits per heavy atom. The number of methoxy groups -OCH3 is 1. The standard InChI is InChI=1S/C17H27N3O2.HI/c1-5-7-12-10-14(12)20-17(18-3)19-13-8-9-15(22-6-2)16(11-13)21-4;/h8-9,11-12,14H,5-7,10H2,1-4H3,(H2,18,19,20);1H. The smallest absolute Gasteiger partial charge is 0.195 e. The van der Waals surface area contributed by atoms with Crippen LogP contribution in [0.5, 0.6) is 11.5 Å². The molecular formula is C17H28IN3O2. The minimum Gasteiger partial charge on any atom is -0.493 e. The van der Waals surface area contributed by atoms with Gasteiger partial charge in [0.15, 0.2) is 17.5 Å². The lowest BCUT2D eigenvalue weighted by atomic mass is 10.2. The van der Waals surface area contributed by atoms with Gasteiger partial charge in [-0.2, -0.15) is 0 Å². The lowest BCUT2D eigenvalue weighted by Crippen LogP contribution is -2.33. The molecule has 0 aliphatic heterocycles. The molecule has 0 amide bonds. The summed E-state index contributed by atoms with van der Waals surface area (Å²) in [4.78, 5) is 4.29. The van der Waals surface area contributed by atoms with Gasteiger partial charge in [-0.3, -0.25) is 4.99 Å². The number of ether oxygens (including phenoxy) is 2. The van der Waals surface area contributed by atoms with Crippen LogP contribution in [0.1, 0.15) is 33.1 Å². The minimum atomic E-state index is 0. The molecule has 1 aliphatic carbocycles. The van der Waals surface area contributed by atoms with E-state index in [1.165, 1.54) is 19.3 Å². The normalized spacial score (nSPS) is 19.6. The lowest BCUT2D eigenvalue weighted by molar-refractivity contribution is 0.311. The van der Waals surface area contributed by atoms with Crippen molar-refractivity contribution in [2.45, 2.75) is 39.2 Å². The Bertz CT molecular complexity index is 523. The molecule has 0 aromatic heterocycles. The third-order valence-corrected chi connectivity index (χ3v) is 3.85. The lowest BCUT2D eigenvalue weighted by Gasteiger charge is -2.14. The Kier molecular flexibility index (Phi) is 8.51. The number of hydrogen-bond acceptors (Lipinski definition) is 3. The van der Waals surface area contributed by atoms with Crippen LogP contribution in [0.2, 0.25) is 0 Å². The highest BCUT2D eigenvalue weighted by Crippen LogP contribution is 2.34. The molecule has 2 rings (SSSR count). The van der Waals surface area contributed by atoms with Crippen molar-refractivity contribution >= 4 is 35.6 Å². The molecule has 5 nitrogen and oxygen atoms in total. The number of guanidine groups is 1. The predicted molar refractivity (Wildman–Crippen MR) is 106 cm³/mol. The van der Waals surface area contributed by atoms with Gasteiger partial charge in [0.25, 0.3) is 0 Å². The molecule has 23 heavy (non-hydrogen) atoms. The van der Waals surface area contributed by atoms with Crippen molar-refractivity contribution in [1.82, 2.24) is 5.32 Å². The molecular weight excluding hydrogens is 405 g/mol. The Hall–Kier alpha value is -1.18. The van der Waals surface area contributed by atoms with Gasteiger partial charge in [0.05, 0.1) is 13.7 Å². The average molecular weight is 433 g/mol. The molecule has 0 spiro atoms. The van der Waals surface area contributed by atoms with Crippen molar-refractivity contribution in [3.63, 3.8) is 0 Å². The van der Waals surface area contributed by atoms with Crippen LogP contribution in [0.25, 0.3) is 0 Å². The fourth-order valence-corrected chi connectivity index (χ4v) is 2.60. The van der Waals surface area contributed by atoms with Gasteiger partial charge < -0.3 is 20.1 Å². The minimum absolute atomic E-state index is 0. The summed E-state index contributed by atoms with van der Waals surface area (Å²) in [7, 11) is 3.44. The van der Waals surface area contributed by atoms with E-state index in [0.29, 0.717) is 12.6 Å². The van der Waals surface area contributed by atoms with Crippen molar-refractivity contribution in [3.8, 4) is 11.5 Å². The maximum Gasteiger partial charge on any atom is 0.195 e. The first-order valence-corrected chi connectivity index (χ1v) is 8.02. The average Bonchev–Trinajstić information content (AvgIpc) is 3.26. The van der Waals surface area contributed by atoms with Crippen LogP contribution in [0.15, 0.2) is 23.2 Å². The summed E-state index contributed by atoms with van der Waals surface area (Å²) in [5, 5.41) is 6.78. The van der Waals surface area contributed by atoms with E-state index < -0.39 is 0 Å². The van der Waals surface area contributed by atoms with Gasteiger partial charge >= 0.3 is 0 Å². The van der Waals surface area contributed by atoms with E-state index in [9.17, 15) is 0 Å². The summed E-state index contributed by atoms with van der Waals surface area (Å²) in [6.45, 7) is 4.81. The van der Waals surface area contributed by atoms with Crippen LogP contribution in [0.3, 0.4) is 0 Å². The van der Waals surface area contributed by atoms with E-state index in [4.69, 9.17) is 9.47 Å². The molecule has 0 radical (unpaired) electrons. The van der Waals surface area contributed by atoms with Crippen LogP contribution in [0, 0.1) is 5.92 Å². The summed E-state index contributed by atoms with van der Waals surface area (Å²) in [5.41, 5.74) is 0.932. The zero-order chi connectivity index (χ0) is 15.9. The summed E-state index contributed by atoms with van der Waals surface area (Å²) in [6, 6.07) is 6.36. The maximum absolute atomic E-state index is 5.53. The number of anilines is 1. The second-order valence-corrected chi connectivity index (χ2v) is 5.53. The summed E-state index contributed by atoms with van der Waals surface area (Å²) in [5.74, 6) is 3.06. The van der Waals surface area contributed by atoms with Gasteiger partial charge in [0, 0.05) is 24.8 Å². The summed E-state index contributed by atoms with van der Waals surface area (Å²) in [6.07, 6.45) is 3.76. The molecule has 1 aromatic carbocycles. The second-order valence-electron chi connectivity index (χ2n) is 5.53. The third-order valence-electron chi connectivity index (χ3n) is 3.85. The fourth-order valence-electron chi connectivity index (χ4n) is 2.60. The van der Waals surface area contributed by atoms with Crippen LogP contribution in [-0.4, -0.2) is 32.8 Å². The quantitative estimate of drug-likeness (QED) is 0.389. The van der Waals surface area contributed by atoms with Crippen LogP contribution < -0.4 is 20.1 Å². The molecule has 1 saturated carbocycles. The zero-order valence-corrected chi connectivity index (χ0v) is 16.7. The van der Waals surface area contributed by atoms with Gasteiger partial charge in [-0.25, -0.2) is 0 Å².